The summed E-state index contributed by atoms with van der Waals surface area (Å²) in [6, 6.07) is 8.77. The fourth-order valence-corrected chi connectivity index (χ4v) is 2.97. The van der Waals surface area contributed by atoms with Crippen LogP contribution in [0.5, 0.6) is 5.75 Å². The normalized spacial score (nSPS) is 17.8. The van der Waals surface area contributed by atoms with Crippen LogP contribution >= 0.6 is 0 Å². The number of nitriles is 1. The first-order valence-electron chi connectivity index (χ1n) is 8.20. The SMILES string of the molecule is CC(Oc1cccc(CO)c1)C(=O)NC(C#N)C1CCCCC1. The lowest BCUT2D eigenvalue weighted by molar-refractivity contribution is -0.128. The van der Waals surface area contributed by atoms with E-state index >= 15 is 0 Å². The third kappa shape index (κ3) is 4.97. The van der Waals surface area contributed by atoms with Crippen LogP contribution in [0.15, 0.2) is 24.3 Å². The van der Waals surface area contributed by atoms with Gasteiger partial charge in [0.25, 0.3) is 5.91 Å². The molecule has 2 rings (SSSR count). The first-order valence-corrected chi connectivity index (χ1v) is 8.20. The van der Waals surface area contributed by atoms with Gasteiger partial charge >= 0.3 is 0 Å². The van der Waals surface area contributed by atoms with Crippen LogP contribution in [0.2, 0.25) is 0 Å². The molecule has 1 aromatic carbocycles. The van der Waals surface area contributed by atoms with E-state index in [1.54, 1.807) is 31.2 Å². The second-order valence-electron chi connectivity index (χ2n) is 6.08. The van der Waals surface area contributed by atoms with E-state index in [-0.39, 0.29) is 18.4 Å². The number of nitrogens with one attached hydrogen (secondary N) is 1. The predicted molar refractivity (Wildman–Crippen MR) is 86.6 cm³/mol. The van der Waals surface area contributed by atoms with E-state index in [2.05, 4.69) is 11.4 Å². The molecule has 124 valence electrons. The summed E-state index contributed by atoms with van der Waals surface area (Å²) < 4.78 is 5.62. The molecule has 1 aliphatic carbocycles. The summed E-state index contributed by atoms with van der Waals surface area (Å²) in [5.41, 5.74) is 0.729. The minimum atomic E-state index is -0.691. The van der Waals surface area contributed by atoms with Crippen LogP contribution in [0.25, 0.3) is 0 Å². The summed E-state index contributed by atoms with van der Waals surface area (Å²) >= 11 is 0. The highest BCUT2D eigenvalue weighted by Crippen LogP contribution is 2.26. The minimum Gasteiger partial charge on any atom is -0.481 e. The Kier molecular flexibility index (Phi) is 6.42. The molecule has 5 nitrogen and oxygen atoms in total. The Hall–Kier alpha value is -2.06. The number of ether oxygens (including phenoxy) is 1. The van der Waals surface area contributed by atoms with Crippen molar-refractivity contribution < 1.29 is 14.6 Å². The number of aliphatic hydroxyl groups is 1. The summed E-state index contributed by atoms with van der Waals surface area (Å²) in [5.74, 6) is 0.490. The summed E-state index contributed by atoms with van der Waals surface area (Å²) in [6.45, 7) is 1.59. The molecule has 0 bridgehead atoms. The Morgan fingerprint density at radius 1 is 1.43 bits per heavy atom. The molecule has 0 saturated heterocycles. The van der Waals surface area contributed by atoms with Gasteiger partial charge in [-0.2, -0.15) is 5.26 Å². The molecule has 1 fully saturated rings. The molecule has 0 aromatic heterocycles. The van der Waals surface area contributed by atoms with Crippen LogP contribution < -0.4 is 10.1 Å². The Morgan fingerprint density at radius 2 is 2.17 bits per heavy atom. The minimum absolute atomic E-state index is 0.0734. The Balaban J connectivity index is 1.91. The summed E-state index contributed by atoms with van der Waals surface area (Å²) in [4.78, 5) is 12.3. The Bertz CT molecular complexity index is 562. The smallest absolute Gasteiger partial charge is 0.261 e. The van der Waals surface area contributed by atoms with Gasteiger partial charge in [0.15, 0.2) is 6.10 Å². The number of amides is 1. The van der Waals surface area contributed by atoms with E-state index in [0.29, 0.717) is 5.75 Å². The van der Waals surface area contributed by atoms with Crippen LogP contribution in [-0.2, 0) is 11.4 Å². The monoisotopic (exact) mass is 316 g/mol. The van der Waals surface area contributed by atoms with Gasteiger partial charge in [-0.1, -0.05) is 31.4 Å². The van der Waals surface area contributed by atoms with Crippen LogP contribution in [0.4, 0.5) is 0 Å². The van der Waals surface area contributed by atoms with Crippen LogP contribution in [-0.4, -0.2) is 23.2 Å². The van der Waals surface area contributed by atoms with Crippen molar-refractivity contribution in [2.75, 3.05) is 0 Å². The molecular weight excluding hydrogens is 292 g/mol. The van der Waals surface area contributed by atoms with Gasteiger partial charge in [-0.3, -0.25) is 4.79 Å². The van der Waals surface area contributed by atoms with Crippen molar-refractivity contribution in [2.45, 2.75) is 57.8 Å². The fraction of sp³-hybridized carbons (Fsp3) is 0.556. The third-order valence-electron chi connectivity index (χ3n) is 4.32. The van der Waals surface area contributed by atoms with Crippen molar-refractivity contribution in [3.8, 4) is 11.8 Å². The number of nitrogens with zero attached hydrogens (tertiary/aromatic N) is 1. The molecule has 2 N–H and O–H groups in total. The second kappa shape index (κ2) is 8.54. The molecule has 1 saturated carbocycles. The van der Waals surface area contributed by atoms with E-state index in [9.17, 15) is 10.1 Å². The number of aliphatic hydroxyl groups excluding tert-OH is 1. The number of hydrogen-bond acceptors (Lipinski definition) is 4. The number of rotatable bonds is 6. The molecular formula is C18H24N2O3. The van der Waals surface area contributed by atoms with Gasteiger partial charge in [-0.05, 0) is 43.4 Å². The van der Waals surface area contributed by atoms with Gasteiger partial charge in [0.2, 0.25) is 0 Å². The van der Waals surface area contributed by atoms with Gasteiger partial charge < -0.3 is 15.2 Å². The summed E-state index contributed by atoms with van der Waals surface area (Å²) in [5, 5.41) is 21.3. The average Bonchev–Trinajstić information content (AvgIpc) is 2.60. The molecule has 1 amide bonds. The molecule has 1 aromatic rings. The third-order valence-corrected chi connectivity index (χ3v) is 4.32. The molecule has 0 spiro atoms. The molecule has 0 radical (unpaired) electrons. The van der Waals surface area contributed by atoms with E-state index < -0.39 is 12.1 Å². The van der Waals surface area contributed by atoms with Gasteiger partial charge in [0, 0.05) is 0 Å². The maximum atomic E-state index is 12.3. The van der Waals surface area contributed by atoms with Crippen molar-refractivity contribution in [1.82, 2.24) is 5.32 Å². The zero-order valence-electron chi connectivity index (χ0n) is 13.5. The first-order chi connectivity index (χ1) is 11.1. The summed E-state index contributed by atoms with van der Waals surface area (Å²) in [6.07, 6.45) is 4.75. The average molecular weight is 316 g/mol. The fourth-order valence-electron chi connectivity index (χ4n) is 2.97. The van der Waals surface area contributed by atoms with E-state index in [0.717, 1.165) is 31.2 Å². The lowest BCUT2D eigenvalue weighted by Gasteiger charge is -2.27. The Morgan fingerprint density at radius 3 is 2.83 bits per heavy atom. The van der Waals surface area contributed by atoms with Crippen LogP contribution in [0.1, 0.15) is 44.6 Å². The van der Waals surface area contributed by atoms with Crippen molar-refractivity contribution in [1.29, 1.82) is 5.26 Å². The maximum absolute atomic E-state index is 12.3. The van der Waals surface area contributed by atoms with E-state index in [1.165, 1.54) is 6.42 Å². The number of carbonyl (C=O) groups excluding carboxylic acids is 1. The predicted octanol–water partition coefficient (Wildman–Crippen LogP) is 2.53. The van der Waals surface area contributed by atoms with E-state index in [4.69, 9.17) is 9.84 Å². The van der Waals surface area contributed by atoms with Gasteiger partial charge in [-0.15, -0.1) is 0 Å². The second-order valence-corrected chi connectivity index (χ2v) is 6.08. The lowest BCUT2D eigenvalue weighted by Crippen LogP contribution is -2.45. The van der Waals surface area contributed by atoms with Gasteiger partial charge in [0.05, 0.1) is 12.7 Å². The van der Waals surface area contributed by atoms with E-state index in [1.807, 2.05) is 0 Å². The topological polar surface area (TPSA) is 82.3 Å². The standard InChI is InChI=1S/C18H24N2O3/c1-13(23-16-9-5-6-14(10-16)12-21)18(22)20-17(11-19)15-7-3-2-4-8-15/h5-6,9-10,13,15,17,21H,2-4,7-8,12H2,1H3,(H,20,22). The van der Waals surface area contributed by atoms with Gasteiger partial charge in [-0.25, -0.2) is 0 Å². The molecule has 2 atom stereocenters. The zero-order valence-corrected chi connectivity index (χ0v) is 13.5. The zero-order chi connectivity index (χ0) is 16.7. The van der Waals surface area contributed by atoms with Crippen molar-refractivity contribution >= 4 is 5.91 Å². The van der Waals surface area contributed by atoms with Crippen LogP contribution in [0.3, 0.4) is 0 Å². The van der Waals surface area contributed by atoms with Crippen molar-refractivity contribution in [2.24, 2.45) is 5.92 Å². The van der Waals surface area contributed by atoms with Crippen molar-refractivity contribution in [3.05, 3.63) is 29.8 Å². The molecule has 0 heterocycles. The Labute approximate surface area is 137 Å². The highest BCUT2D eigenvalue weighted by atomic mass is 16.5. The molecule has 2 unspecified atom stereocenters. The summed E-state index contributed by atoms with van der Waals surface area (Å²) in [7, 11) is 0. The largest absolute Gasteiger partial charge is 0.481 e. The molecule has 23 heavy (non-hydrogen) atoms. The highest BCUT2D eigenvalue weighted by Gasteiger charge is 2.27. The quantitative estimate of drug-likeness (QED) is 0.845. The number of benzene rings is 1. The number of hydrogen-bond donors (Lipinski definition) is 2. The number of carbonyl (C=O) groups is 1. The lowest BCUT2D eigenvalue weighted by atomic mass is 9.84. The maximum Gasteiger partial charge on any atom is 0.261 e. The molecule has 0 aliphatic heterocycles. The first kappa shape index (κ1) is 17.3. The van der Waals surface area contributed by atoms with Gasteiger partial charge in [0.1, 0.15) is 11.8 Å². The molecule has 5 heteroatoms. The highest BCUT2D eigenvalue weighted by molar-refractivity contribution is 5.81. The van der Waals surface area contributed by atoms with Crippen LogP contribution in [0, 0.1) is 17.2 Å². The van der Waals surface area contributed by atoms with Crippen molar-refractivity contribution in [3.63, 3.8) is 0 Å². The molecule has 1 aliphatic rings.